The molecule has 2 aliphatic rings. The van der Waals surface area contributed by atoms with E-state index in [0.29, 0.717) is 25.4 Å². The minimum absolute atomic E-state index is 0.0571. The molecule has 2 saturated heterocycles. The monoisotopic (exact) mass is 745 g/mol. The topological polar surface area (TPSA) is 90.7 Å². The number of piperidine rings is 1. The van der Waals surface area contributed by atoms with Gasteiger partial charge in [0.25, 0.3) is 5.91 Å². The molecule has 9 heteroatoms. The van der Waals surface area contributed by atoms with Gasteiger partial charge in [-0.25, -0.2) is 0 Å². The van der Waals surface area contributed by atoms with Crippen LogP contribution in [-0.2, 0) is 9.22 Å². The van der Waals surface area contributed by atoms with Crippen molar-refractivity contribution in [2.75, 3.05) is 39.3 Å². The number of rotatable bonds is 12. The summed E-state index contributed by atoms with van der Waals surface area (Å²) in [7, 11) is 0. The number of amides is 2. The van der Waals surface area contributed by atoms with Crippen molar-refractivity contribution in [1.82, 2.24) is 25.6 Å². The van der Waals surface area contributed by atoms with Crippen LogP contribution in [0.2, 0.25) is 0 Å². The maximum Gasteiger partial charge on any atom is 0.273 e. The average Bonchev–Trinajstić information content (AvgIpc) is 3.58. The number of nitrogens with zero attached hydrogens (tertiary/aromatic N) is 3. The van der Waals surface area contributed by atoms with Gasteiger partial charge in [0.05, 0.1) is 6.04 Å². The van der Waals surface area contributed by atoms with Crippen molar-refractivity contribution in [3.8, 4) is 11.3 Å². The Labute approximate surface area is 291 Å². The van der Waals surface area contributed by atoms with Crippen LogP contribution in [0.25, 0.3) is 11.3 Å². The summed E-state index contributed by atoms with van der Waals surface area (Å²) in [6, 6.07) is 30.3. The molecule has 4 aromatic rings. The first-order chi connectivity index (χ1) is 23.1. The molecule has 0 aliphatic carbocycles. The van der Waals surface area contributed by atoms with Crippen LogP contribution in [0.15, 0.2) is 95.5 Å². The summed E-state index contributed by atoms with van der Waals surface area (Å²) in [6.07, 6.45) is 5.19. The fourth-order valence-electron chi connectivity index (χ4n) is 6.70. The summed E-state index contributed by atoms with van der Waals surface area (Å²) in [5.74, 6) is 0.492. The van der Waals surface area contributed by atoms with Gasteiger partial charge in [-0.15, -0.1) is 0 Å². The van der Waals surface area contributed by atoms with Crippen molar-refractivity contribution in [2.45, 2.75) is 54.5 Å². The maximum absolute atomic E-state index is 14.2. The summed E-state index contributed by atoms with van der Waals surface area (Å²) in [6.45, 7) is 4.69. The number of benzene rings is 3. The molecule has 2 atom stereocenters. The number of hydrogen-bond donors (Lipinski definition) is 2. The first kappa shape index (κ1) is 33.4. The molecule has 2 fully saturated rings. The zero-order valence-electron chi connectivity index (χ0n) is 26.8. The quantitative estimate of drug-likeness (QED) is 0.131. The first-order valence-electron chi connectivity index (χ1n) is 16.8. The van der Waals surface area contributed by atoms with E-state index < -0.39 is 0 Å². The molecule has 0 bridgehead atoms. The lowest BCUT2D eigenvalue weighted by molar-refractivity contribution is -0.133. The summed E-state index contributed by atoms with van der Waals surface area (Å²) in [4.78, 5) is 31.9. The van der Waals surface area contributed by atoms with E-state index in [4.69, 9.17) is 4.52 Å². The summed E-state index contributed by atoms with van der Waals surface area (Å²) in [5.41, 5.74) is 4.76. The van der Waals surface area contributed by atoms with Crippen LogP contribution in [0.4, 0.5) is 0 Å². The second kappa shape index (κ2) is 16.5. The number of nitrogens with one attached hydrogen (secondary N) is 2. The van der Waals surface area contributed by atoms with Crippen molar-refractivity contribution in [1.29, 1.82) is 0 Å². The number of alkyl halides is 1. The molecule has 0 radical (unpaired) electrons. The second-order valence-corrected chi connectivity index (χ2v) is 13.4. The van der Waals surface area contributed by atoms with Crippen molar-refractivity contribution in [2.24, 2.45) is 0 Å². The Morgan fingerprint density at radius 2 is 1.62 bits per heavy atom. The van der Waals surface area contributed by atoms with Crippen molar-refractivity contribution in [3.63, 3.8) is 0 Å². The number of likely N-dealkylation sites (tertiary alicyclic amines) is 1. The minimum Gasteiger partial charge on any atom is -0.355 e. The number of aromatic nitrogens is 1. The highest BCUT2D eigenvalue weighted by molar-refractivity contribution is 14.1. The smallest absolute Gasteiger partial charge is 0.273 e. The van der Waals surface area contributed by atoms with E-state index in [1.54, 1.807) is 6.07 Å². The molecule has 0 unspecified atom stereocenters. The summed E-state index contributed by atoms with van der Waals surface area (Å²) >= 11 is 2.33. The molecule has 6 rings (SSSR count). The molecule has 246 valence electrons. The van der Waals surface area contributed by atoms with Crippen molar-refractivity contribution >= 4 is 34.4 Å². The third-order valence-electron chi connectivity index (χ3n) is 9.43. The second-order valence-electron chi connectivity index (χ2n) is 12.7. The lowest BCUT2D eigenvalue weighted by atomic mass is 9.90. The van der Waals surface area contributed by atoms with Gasteiger partial charge in [-0.2, -0.15) is 0 Å². The van der Waals surface area contributed by atoms with Gasteiger partial charge in [-0.1, -0.05) is 119 Å². The van der Waals surface area contributed by atoms with Crippen LogP contribution in [-0.4, -0.2) is 78.1 Å². The molecule has 2 aliphatic heterocycles. The van der Waals surface area contributed by atoms with Gasteiger partial charge in [0, 0.05) is 54.2 Å². The Hall–Kier alpha value is -3.54. The molecule has 1 aromatic heterocycles. The molecule has 3 aromatic carbocycles. The predicted molar refractivity (Wildman–Crippen MR) is 194 cm³/mol. The summed E-state index contributed by atoms with van der Waals surface area (Å²) < 4.78 is 6.45. The lowest BCUT2D eigenvalue weighted by Gasteiger charge is -2.31. The van der Waals surface area contributed by atoms with Crippen LogP contribution in [0, 0.1) is 0 Å². The molecule has 0 spiro atoms. The van der Waals surface area contributed by atoms with Gasteiger partial charge in [0.2, 0.25) is 5.91 Å². The van der Waals surface area contributed by atoms with E-state index in [9.17, 15) is 9.59 Å². The Morgan fingerprint density at radius 1 is 0.936 bits per heavy atom. The minimum atomic E-state index is -0.322. The van der Waals surface area contributed by atoms with E-state index in [1.807, 2.05) is 29.2 Å². The average molecular weight is 746 g/mol. The largest absolute Gasteiger partial charge is 0.355 e. The third kappa shape index (κ3) is 8.88. The van der Waals surface area contributed by atoms with E-state index >= 15 is 0 Å². The molecule has 47 heavy (non-hydrogen) atoms. The van der Waals surface area contributed by atoms with Crippen LogP contribution >= 0.6 is 22.6 Å². The normalized spacial score (nSPS) is 19.1. The molecular weight excluding hydrogens is 701 g/mol. The highest BCUT2D eigenvalue weighted by Gasteiger charge is 2.33. The molecule has 3 heterocycles. The van der Waals surface area contributed by atoms with Crippen LogP contribution in [0.5, 0.6) is 0 Å². The molecule has 0 saturated carbocycles. The van der Waals surface area contributed by atoms with E-state index in [0.717, 1.165) is 42.5 Å². The fourth-order valence-corrected chi connectivity index (χ4v) is 7.21. The number of carbonyl (C=O) groups is 2. The highest BCUT2D eigenvalue weighted by atomic mass is 127. The van der Waals surface area contributed by atoms with E-state index in [2.05, 4.69) is 104 Å². The van der Waals surface area contributed by atoms with Gasteiger partial charge >= 0.3 is 0 Å². The SMILES string of the molecule is O=C(NC[C@@H]1CCN(CC(c2ccccc2)c2ccccc2)C(=O)[C@H](CCN2CCCCC2)N1)c1cc(-c2ccc(CI)cc2)on1. The van der Waals surface area contributed by atoms with Crippen molar-refractivity contribution < 1.29 is 14.1 Å². The summed E-state index contributed by atoms with van der Waals surface area (Å²) in [5, 5.41) is 10.8. The number of halogens is 1. The van der Waals surface area contributed by atoms with Gasteiger partial charge in [0.15, 0.2) is 11.5 Å². The van der Waals surface area contributed by atoms with E-state index in [1.165, 1.54) is 36.0 Å². The molecular formula is C38H44IN5O3. The van der Waals surface area contributed by atoms with Gasteiger partial charge in [-0.05, 0) is 55.5 Å². The van der Waals surface area contributed by atoms with Gasteiger partial charge in [0.1, 0.15) is 0 Å². The standard InChI is InChI=1S/C38H44IN5O3/c39-25-28-14-16-31(17-15-28)36-24-35(42-47-36)37(45)40-26-32-18-23-44(38(46)34(41-32)19-22-43-20-8-3-9-21-43)27-33(29-10-4-1-5-11-29)30-12-6-2-7-13-30/h1-2,4-7,10-17,24,32-34,41H,3,8-9,18-23,25-27H2,(H,40,45)/t32-,34-/m0/s1. The van der Waals surface area contributed by atoms with Crippen LogP contribution < -0.4 is 10.6 Å². The molecule has 8 nitrogen and oxygen atoms in total. The van der Waals surface area contributed by atoms with Crippen LogP contribution in [0.1, 0.15) is 65.2 Å². The Balaban J connectivity index is 1.15. The Bertz CT molecular complexity index is 1530. The zero-order chi connectivity index (χ0) is 32.4. The fraction of sp³-hybridized carbons (Fsp3) is 0.395. The van der Waals surface area contributed by atoms with E-state index in [-0.39, 0.29) is 35.5 Å². The highest BCUT2D eigenvalue weighted by Crippen LogP contribution is 2.27. The predicted octanol–water partition coefficient (Wildman–Crippen LogP) is 6.27. The van der Waals surface area contributed by atoms with Gasteiger partial charge in [-0.3, -0.25) is 9.59 Å². The van der Waals surface area contributed by atoms with Gasteiger partial charge < -0.3 is 25.0 Å². The third-order valence-corrected chi connectivity index (χ3v) is 10.3. The Kier molecular flexibility index (Phi) is 11.7. The first-order valence-corrected chi connectivity index (χ1v) is 18.4. The number of hydrogen-bond acceptors (Lipinski definition) is 6. The van der Waals surface area contributed by atoms with Crippen molar-refractivity contribution in [3.05, 3.63) is 113 Å². The zero-order valence-corrected chi connectivity index (χ0v) is 29.0. The molecule has 2 N–H and O–H groups in total. The van der Waals surface area contributed by atoms with Crippen LogP contribution in [0.3, 0.4) is 0 Å². The number of carbonyl (C=O) groups excluding carboxylic acids is 2. The lowest BCUT2D eigenvalue weighted by Crippen LogP contribution is -2.50. The molecule has 2 amide bonds. The maximum atomic E-state index is 14.2. The Morgan fingerprint density at radius 3 is 2.28 bits per heavy atom.